The third-order valence-corrected chi connectivity index (χ3v) is 4.34. The summed E-state index contributed by atoms with van der Waals surface area (Å²) >= 11 is 11.9. The van der Waals surface area contributed by atoms with Crippen LogP contribution in [0.15, 0.2) is 59.0 Å². The summed E-state index contributed by atoms with van der Waals surface area (Å²) in [5, 5.41) is 14.1. The summed E-state index contributed by atoms with van der Waals surface area (Å²) in [4.78, 5) is 22.7. The lowest BCUT2D eigenvalue weighted by Crippen LogP contribution is -2.11. The zero-order valence-corrected chi connectivity index (χ0v) is 15.2. The van der Waals surface area contributed by atoms with Crippen molar-refractivity contribution < 1.29 is 18.9 Å². The quantitative estimate of drug-likeness (QED) is 0.441. The normalized spacial score (nSPS) is 10.4. The van der Waals surface area contributed by atoms with Crippen LogP contribution in [-0.2, 0) is 6.61 Å². The molecule has 0 bridgehead atoms. The first-order valence-electron chi connectivity index (χ1n) is 7.66. The van der Waals surface area contributed by atoms with Gasteiger partial charge in [0.05, 0.1) is 20.7 Å². The highest BCUT2D eigenvalue weighted by molar-refractivity contribution is 6.44. The maximum absolute atomic E-state index is 12.3. The highest BCUT2D eigenvalue weighted by Crippen LogP contribution is 2.30. The molecule has 0 atom stereocenters. The summed E-state index contributed by atoms with van der Waals surface area (Å²) in [6, 6.07) is 13.9. The number of rotatable bonds is 6. The standard InChI is InChI=1S/C18H12Cl2N2O5/c19-12-4-3-5-13(17(12)20)21-18(23)16-9-8-11(27-16)10-26-15-7-2-1-6-14(15)22(24)25/h1-9H,10H2,(H,21,23). The third kappa shape index (κ3) is 4.39. The Bertz CT molecular complexity index is 1000. The summed E-state index contributed by atoms with van der Waals surface area (Å²) in [5.74, 6) is -0.0468. The molecule has 1 heterocycles. The molecule has 1 amide bonds. The molecule has 0 aliphatic heterocycles. The van der Waals surface area contributed by atoms with Crippen LogP contribution in [0, 0.1) is 10.1 Å². The number of halogens is 2. The number of para-hydroxylation sites is 2. The molecule has 2 aromatic carbocycles. The zero-order chi connectivity index (χ0) is 19.4. The van der Waals surface area contributed by atoms with Crippen LogP contribution in [0.4, 0.5) is 11.4 Å². The topological polar surface area (TPSA) is 94.6 Å². The van der Waals surface area contributed by atoms with E-state index in [2.05, 4.69) is 5.32 Å². The van der Waals surface area contributed by atoms with Gasteiger partial charge in [-0.25, -0.2) is 0 Å². The Labute approximate surface area is 163 Å². The fourth-order valence-corrected chi connectivity index (χ4v) is 2.59. The van der Waals surface area contributed by atoms with Crippen LogP contribution < -0.4 is 10.1 Å². The van der Waals surface area contributed by atoms with E-state index in [4.69, 9.17) is 32.4 Å². The number of carbonyl (C=O) groups excluding carboxylic acids is 1. The van der Waals surface area contributed by atoms with Gasteiger partial charge in [0, 0.05) is 6.07 Å². The summed E-state index contributed by atoms with van der Waals surface area (Å²) < 4.78 is 10.9. The number of furan rings is 1. The predicted octanol–water partition coefficient (Wildman–Crippen LogP) is 5.33. The molecular formula is C18H12Cl2N2O5. The summed E-state index contributed by atoms with van der Waals surface area (Å²) in [5.41, 5.74) is 0.195. The van der Waals surface area contributed by atoms with Gasteiger partial charge in [0.2, 0.25) is 0 Å². The first-order chi connectivity index (χ1) is 13.0. The molecule has 3 rings (SSSR count). The largest absolute Gasteiger partial charge is 0.479 e. The Kier molecular flexibility index (Phi) is 5.63. The molecule has 0 unspecified atom stereocenters. The lowest BCUT2D eigenvalue weighted by Gasteiger charge is -2.07. The van der Waals surface area contributed by atoms with Crippen molar-refractivity contribution >= 4 is 40.5 Å². The average Bonchev–Trinajstić information content (AvgIpc) is 3.13. The molecule has 1 aromatic heterocycles. The van der Waals surface area contributed by atoms with Gasteiger partial charge in [0.15, 0.2) is 11.5 Å². The molecule has 9 heteroatoms. The second-order valence-electron chi connectivity index (χ2n) is 5.33. The van der Waals surface area contributed by atoms with E-state index >= 15 is 0 Å². The smallest absolute Gasteiger partial charge is 0.310 e. The van der Waals surface area contributed by atoms with Gasteiger partial charge in [-0.15, -0.1) is 0 Å². The number of ether oxygens (including phenoxy) is 1. The number of benzene rings is 2. The molecule has 7 nitrogen and oxygen atoms in total. The predicted molar refractivity (Wildman–Crippen MR) is 101 cm³/mol. The van der Waals surface area contributed by atoms with Crippen molar-refractivity contribution in [2.75, 3.05) is 5.32 Å². The first-order valence-corrected chi connectivity index (χ1v) is 8.41. The van der Waals surface area contributed by atoms with Crippen molar-refractivity contribution in [3.8, 4) is 5.75 Å². The first kappa shape index (κ1) is 18.8. The Morgan fingerprint density at radius 1 is 1.11 bits per heavy atom. The van der Waals surface area contributed by atoms with Crippen molar-refractivity contribution in [2.24, 2.45) is 0 Å². The van der Waals surface area contributed by atoms with Crippen LogP contribution in [0.25, 0.3) is 0 Å². The van der Waals surface area contributed by atoms with E-state index in [0.717, 1.165) is 0 Å². The minimum Gasteiger partial charge on any atom is -0.479 e. The summed E-state index contributed by atoms with van der Waals surface area (Å²) in [6.07, 6.45) is 0. The second-order valence-corrected chi connectivity index (χ2v) is 6.12. The summed E-state index contributed by atoms with van der Waals surface area (Å²) in [6.45, 7) is -0.0734. The number of carbonyl (C=O) groups is 1. The molecule has 138 valence electrons. The number of hydrogen-bond donors (Lipinski definition) is 1. The molecule has 0 spiro atoms. The van der Waals surface area contributed by atoms with Crippen molar-refractivity contribution in [1.29, 1.82) is 0 Å². The minimum atomic E-state index is -0.537. The van der Waals surface area contributed by atoms with Gasteiger partial charge in [0.1, 0.15) is 12.4 Å². The van der Waals surface area contributed by atoms with E-state index in [-0.39, 0.29) is 28.8 Å². The van der Waals surface area contributed by atoms with Gasteiger partial charge in [-0.1, -0.05) is 41.4 Å². The molecular weight excluding hydrogens is 395 g/mol. The number of nitro groups is 1. The molecule has 0 radical (unpaired) electrons. The molecule has 0 saturated carbocycles. The van der Waals surface area contributed by atoms with Crippen LogP contribution in [0.2, 0.25) is 10.0 Å². The van der Waals surface area contributed by atoms with Crippen molar-refractivity contribution in [3.05, 3.63) is 86.3 Å². The highest BCUT2D eigenvalue weighted by atomic mass is 35.5. The molecule has 3 aromatic rings. The number of hydrogen-bond acceptors (Lipinski definition) is 5. The highest BCUT2D eigenvalue weighted by Gasteiger charge is 2.16. The van der Waals surface area contributed by atoms with Gasteiger partial charge in [-0.3, -0.25) is 14.9 Å². The van der Waals surface area contributed by atoms with Crippen LogP contribution in [0.5, 0.6) is 5.75 Å². The maximum atomic E-state index is 12.3. The number of nitro benzene ring substituents is 1. The fourth-order valence-electron chi connectivity index (χ4n) is 2.24. The van der Waals surface area contributed by atoms with E-state index in [0.29, 0.717) is 16.5 Å². The van der Waals surface area contributed by atoms with Crippen LogP contribution in [0.1, 0.15) is 16.3 Å². The number of amides is 1. The maximum Gasteiger partial charge on any atom is 0.310 e. The molecule has 1 N–H and O–H groups in total. The molecule has 0 aliphatic carbocycles. The van der Waals surface area contributed by atoms with Crippen molar-refractivity contribution in [2.45, 2.75) is 6.61 Å². The molecule has 0 aliphatic rings. The minimum absolute atomic E-state index is 0.0344. The monoisotopic (exact) mass is 406 g/mol. The van der Waals surface area contributed by atoms with E-state index < -0.39 is 10.8 Å². The van der Waals surface area contributed by atoms with E-state index in [1.807, 2.05) is 0 Å². The van der Waals surface area contributed by atoms with Gasteiger partial charge in [-0.2, -0.15) is 0 Å². The van der Waals surface area contributed by atoms with Gasteiger partial charge in [-0.05, 0) is 30.3 Å². The summed E-state index contributed by atoms with van der Waals surface area (Å²) in [7, 11) is 0. The van der Waals surface area contributed by atoms with E-state index in [1.165, 1.54) is 18.2 Å². The third-order valence-electron chi connectivity index (χ3n) is 3.52. The van der Waals surface area contributed by atoms with Crippen molar-refractivity contribution in [1.82, 2.24) is 0 Å². The Hall–Kier alpha value is -3.03. The van der Waals surface area contributed by atoms with Crippen LogP contribution in [-0.4, -0.2) is 10.8 Å². The van der Waals surface area contributed by atoms with Crippen LogP contribution in [0.3, 0.4) is 0 Å². The lowest BCUT2D eigenvalue weighted by molar-refractivity contribution is -0.386. The molecule has 27 heavy (non-hydrogen) atoms. The lowest BCUT2D eigenvalue weighted by atomic mass is 10.3. The van der Waals surface area contributed by atoms with E-state index in [1.54, 1.807) is 36.4 Å². The Morgan fingerprint density at radius 2 is 1.89 bits per heavy atom. The number of anilines is 1. The fraction of sp³-hybridized carbons (Fsp3) is 0.0556. The van der Waals surface area contributed by atoms with Crippen LogP contribution >= 0.6 is 23.2 Å². The number of nitrogens with zero attached hydrogens (tertiary/aromatic N) is 1. The van der Waals surface area contributed by atoms with Gasteiger partial charge < -0.3 is 14.5 Å². The van der Waals surface area contributed by atoms with Gasteiger partial charge in [0.25, 0.3) is 5.91 Å². The zero-order valence-electron chi connectivity index (χ0n) is 13.6. The average molecular weight is 407 g/mol. The molecule has 0 saturated heterocycles. The number of nitrogens with one attached hydrogen (secondary N) is 1. The molecule has 0 fully saturated rings. The Balaban J connectivity index is 1.67. The van der Waals surface area contributed by atoms with Crippen molar-refractivity contribution in [3.63, 3.8) is 0 Å². The van der Waals surface area contributed by atoms with E-state index in [9.17, 15) is 14.9 Å². The SMILES string of the molecule is O=C(Nc1cccc(Cl)c1Cl)c1ccc(COc2ccccc2[N+](=O)[O-])o1. The Morgan fingerprint density at radius 3 is 2.67 bits per heavy atom. The van der Waals surface area contributed by atoms with Gasteiger partial charge >= 0.3 is 5.69 Å². The second kappa shape index (κ2) is 8.11.